The maximum absolute atomic E-state index is 11.6. The first-order valence-electron chi connectivity index (χ1n) is 5.68. The highest BCUT2D eigenvalue weighted by atomic mass is 32.2. The molecular weight excluding hydrogens is 244 g/mol. The second-order valence-electron chi connectivity index (χ2n) is 3.92. The average Bonchev–Trinajstić information content (AvgIpc) is 2.89. The molecule has 0 unspecified atom stereocenters. The van der Waals surface area contributed by atoms with Crippen molar-refractivity contribution in [1.82, 2.24) is 0 Å². The van der Waals surface area contributed by atoms with Crippen LogP contribution < -0.4 is 0 Å². The van der Waals surface area contributed by atoms with Crippen molar-refractivity contribution in [2.75, 3.05) is 5.75 Å². The summed E-state index contributed by atoms with van der Waals surface area (Å²) in [6.07, 6.45) is 4.84. The van der Waals surface area contributed by atoms with Gasteiger partial charge in [-0.1, -0.05) is 17.7 Å². The van der Waals surface area contributed by atoms with Crippen molar-refractivity contribution < 1.29 is 9.21 Å². The van der Waals surface area contributed by atoms with Crippen molar-refractivity contribution in [2.45, 2.75) is 11.8 Å². The lowest BCUT2D eigenvalue weighted by Crippen LogP contribution is -1.95. The third kappa shape index (κ3) is 3.93. The van der Waals surface area contributed by atoms with E-state index in [4.69, 9.17) is 4.42 Å². The summed E-state index contributed by atoms with van der Waals surface area (Å²) in [6.45, 7) is 2.05. The number of rotatable bonds is 5. The zero-order valence-electron chi connectivity index (χ0n) is 10.1. The van der Waals surface area contributed by atoms with E-state index in [1.54, 1.807) is 36.2 Å². The summed E-state index contributed by atoms with van der Waals surface area (Å²) in [5.41, 5.74) is 1.23. The second kappa shape index (κ2) is 6.26. The van der Waals surface area contributed by atoms with E-state index in [1.165, 1.54) is 5.56 Å². The van der Waals surface area contributed by atoms with Crippen molar-refractivity contribution in [3.8, 4) is 0 Å². The Morgan fingerprint density at radius 2 is 2.06 bits per heavy atom. The highest BCUT2D eigenvalue weighted by molar-refractivity contribution is 8.00. The molecule has 0 N–H and O–H groups in total. The van der Waals surface area contributed by atoms with Gasteiger partial charge < -0.3 is 4.42 Å². The average molecular weight is 258 g/mol. The molecule has 0 spiro atoms. The zero-order chi connectivity index (χ0) is 12.8. The minimum absolute atomic E-state index is 0.0805. The number of carbonyl (C=O) groups is 1. The van der Waals surface area contributed by atoms with E-state index in [9.17, 15) is 4.79 Å². The third-order valence-corrected chi connectivity index (χ3v) is 3.41. The van der Waals surface area contributed by atoms with Gasteiger partial charge in [0.25, 0.3) is 0 Å². The molecule has 92 valence electrons. The number of aryl methyl sites for hydroxylation is 1. The summed E-state index contributed by atoms with van der Waals surface area (Å²) in [4.78, 5) is 12.7. The Labute approximate surface area is 111 Å². The maximum atomic E-state index is 11.6. The first-order valence-corrected chi connectivity index (χ1v) is 6.66. The predicted molar refractivity (Wildman–Crippen MR) is 74.7 cm³/mol. The van der Waals surface area contributed by atoms with Crippen LogP contribution in [0.4, 0.5) is 0 Å². The van der Waals surface area contributed by atoms with Gasteiger partial charge in [0.2, 0.25) is 0 Å². The van der Waals surface area contributed by atoms with Gasteiger partial charge in [-0.05, 0) is 43.3 Å². The Balaban J connectivity index is 1.83. The van der Waals surface area contributed by atoms with Gasteiger partial charge in [0.15, 0.2) is 5.78 Å². The highest BCUT2D eigenvalue weighted by Crippen LogP contribution is 2.18. The van der Waals surface area contributed by atoms with Gasteiger partial charge in [0.05, 0.1) is 12.0 Å². The molecule has 0 aliphatic heterocycles. The number of allylic oxidation sites excluding steroid dienone is 1. The molecule has 0 radical (unpaired) electrons. The standard InChI is InChI=1S/C15H14O2S/c1-12-4-8-15(9-5-12)18-11-13(16)6-7-14-3-2-10-17-14/h2-10H,11H2,1H3/b7-6+. The molecule has 0 fully saturated rings. The van der Waals surface area contributed by atoms with Crippen LogP contribution in [0.2, 0.25) is 0 Å². The Hall–Kier alpha value is -1.74. The fourth-order valence-corrected chi connectivity index (χ4v) is 2.13. The van der Waals surface area contributed by atoms with Gasteiger partial charge >= 0.3 is 0 Å². The number of ketones is 1. The summed E-state index contributed by atoms with van der Waals surface area (Å²) < 4.78 is 5.11. The molecule has 1 aromatic heterocycles. The van der Waals surface area contributed by atoms with Crippen molar-refractivity contribution in [1.29, 1.82) is 0 Å². The maximum Gasteiger partial charge on any atom is 0.166 e. The number of hydrogen-bond acceptors (Lipinski definition) is 3. The summed E-state index contributed by atoms with van der Waals surface area (Å²) in [7, 11) is 0. The van der Waals surface area contributed by atoms with Crippen molar-refractivity contribution in [2.24, 2.45) is 0 Å². The van der Waals surface area contributed by atoms with Crippen LogP contribution >= 0.6 is 11.8 Å². The SMILES string of the molecule is Cc1ccc(SCC(=O)/C=C/c2ccco2)cc1. The fourth-order valence-electron chi connectivity index (χ4n) is 1.40. The second-order valence-corrected chi connectivity index (χ2v) is 4.97. The van der Waals surface area contributed by atoms with Crippen molar-refractivity contribution >= 4 is 23.6 Å². The van der Waals surface area contributed by atoms with Crippen LogP contribution in [0.25, 0.3) is 6.08 Å². The van der Waals surface area contributed by atoms with E-state index in [1.807, 2.05) is 37.3 Å². The lowest BCUT2D eigenvalue weighted by molar-refractivity contribution is -0.112. The molecule has 0 saturated heterocycles. The molecule has 0 aliphatic carbocycles. The molecule has 2 rings (SSSR count). The molecule has 1 aromatic carbocycles. The fraction of sp³-hybridized carbons (Fsp3) is 0.133. The van der Waals surface area contributed by atoms with E-state index in [2.05, 4.69) is 0 Å². The Bertz CT molecular complexity index is 524. The molecule has 0 bridgehead atoms. The first-order chi connectivity index (χ1) is 8.74. The van der Waals surface area contributed by atoms with Gasteiger partial charge in [0, 0.05) is 4.90 Å². The number of carbonyl (C=O) groups excluding carboxylic acids is 1. The molecular formula is C15H14O2S. The normalized spacial score (nSPS) is 10.9. The molecule has 18 heavy (non-hydrogen) atoms. The third-order valence-electron chi connectivity index (χ3n) is 2.38. The number of furan rings is 1. The number of benzene rings is 1. The largest absolute Gasteiger partial charge is 0.465 e. The van der Waals surface area contributed by atoms with Gasteiger partial charge in [-0.15, -0.1) is 11.8 Å². The summed E-state index contributed by atoms with van der Waals surface area (Å²) in [5, 5.41) is 0. The summed E-state index contributed by atoms with van der Waals surface area (Å²) in [6, 6.07) is 11.8. The van der Waals surface area contributed by atoms with Crippen LogP contribution in [-0.4, -0.2) is 11.5 Å². The van der Waals surface area contributed by atoms with E-state index in [-0.39, 0.29) is 5.78 Å². The minimum atomic E-state index is 0.0805. The number of thioether (sulfide) groups is 1. The first kappa shape index (κ1) is 12.7. The lowest BCUT2D eigenvalue weighted by Gasteiger charge is -1.99. The van der Waals surface area contributed by atoms with E-state index >= 15 is 0 Å². The highest BCUT2D eigenvalue weighted by Gasteiger charge is 1.99. The van der Waals surface area contributed by atoms with Gasteiger partial charge in [0.1, 0.15) is 5.76 Å². The van der Waals surface area contributed by atoms with Crippen LogP contribution in [0.5, 0.6) is 0 Å². The molecule has 0 atom stereocenters. The molecule has 0 amide bonds. The van der Waals surface area contributed by atoms with Crippen molar-refractivity contribution in [3.05, 3.63) is 60.1 Å². The van der Waals surface area contributed by atoms with Gasteiger partial charge in [-0.3, -0.25) is 4.79 Å². The molecule has 2 aromatic rings. The van der Waals surface area contributed by atoms with E-state index < -0.39 is 0 Å². The minimum Gasteiger partial charge on any atom is -0.465 e. The lowest BCUT2D eigenvalue weighted by atomic mass is 10.2. The molecule has 0 aliphatic rings. The van der Waals surface area contributed by atoms with Crippen LogP contribution in [0.15, 0.2) is 58.1 Å². The molecule has 2 nitrogen and oxygen atoms in total. The van der Waals surface area contributed by atoms with Crippen LogP contribution in [0.3, 0.4) is 0 Å². The Kier molecular flexibility index (Phi) is 4.42. The quantitative estimate of drug-likeness (QED) is 0.600. The van der Waals surface area contributed by atoms with Crippen molar-refractivity contribution in [3.63, 3.8) is 0 Å². The predicted octanol–water partition coefficient (Wildman–Crippen LogP) is 3.96. The van der Waals surface area contributed by atoms with Gasteiger partial charge in [-0.2, -0.15) is 0 Å². The molecule has 0 saturated carbocycles. The Morgan fingerprint density at radius 3 is 2.72 bits per heavy atom. The van der Waals surface area contributed by atoms with Gasteiger partial charge in [-0.25, -0.2) is 0 Å². The summed E-state index contributed by atoms with van der Waals surface area (Å²) >= 11 is 1.54. The van der Waals surface area contributed by atoms with Crippen LogP contribution in [0, 0.1) is 6.92 Å². The summed E-state index contributed by atoms with van der Waals surface area (Å²) in [5.74, 6) is 1.22. The van der Waals surface area contributed by atoms with Crippen LogP contribution in [0.1, 0.15) is 11.3 Å². The van der Waals surface area contributed by atoms with Crippen LogP contribution in [-0.2, 0) is 4.79 Å². The monoisotopic (exact) mass is 258 g/mol. The Morgan fingerprint density at radius 1 is 1.28 bits per heavy atom. The smallest absolute Gasteiger partial charge is 0.166 e. The zero-order valence-corrected chi connectivity index (χ0v) is 10.9. The van der Waals surface area contributed by atoms with E-state index in [0.717, 1.165) is 4.90 Å². The van der Waals surface area contributed by atoms with E-state index in [0.29, 0.717) is 11.5 Å². The molecule has 1 heterocycles. The number of hydrogen-bond donors (Lipinski definition) is 0. The molecule has 3 heteroatoms. The topological polar surface area (TPSA) is 30.2 Å².